The molecule has 6 nitrogen and oxygen atoms in total. The monoisotopic (exact) mass is 309 g/mol. The Balaban J connectivity index is 2.36. The standard InChI is InChI=1S/C14H15NO5S/c1-2-3-8-20-15-14-12-6-5-11(21(17,18)19)9-10(12)4-7-13(14)16/h4-7,9H,2-3,8H2,1H3,(H,17,18,19)/b15-14-. The molecule has 0 saturated heterocycles. The minimum atomic E-state index is -4.28. The largest absolute Gasteiger partial charge is 0.395 e. The van der Waals surface area contributed by atoms with Gasteiger partial charge in [0.25, 0.3) is 10.1 Å². The zero-order valence-corrected chi connectivity index (χ0v) is 12.3. The highest BCUT2D eigenvalue weighted by Gasteiger charge is 2.22. The number of fused-ring (bicyclic) bond motifs is 1. The van der Waals surface area contributed by atoms with Gasteiger partial charge in [0, 0.05) is 5.56 Å². The van der Waals surface area contributed by atoms with Gasteiger partial charge in [-0.05, 0) is 30.2 Å². The lowest BCUT2D eigenvalue weighted by Gasteiger charge is -2.12. The smallest absolute Gasteiger partial charge is 0.294 e. The number of ketones is 1. The summed E-state index contributed by atoms with van der Waals surface area (Å²) >= 11 is 0. The van der Waals surface area contributed by atoms with E-state index in [-0.39, 0.29) is 16.4 Å². The lowest BCUT2D eigenvalue weighted by molar-refractivity contribution is -0.109. The Bertz CT molecular complexity index is 719. The molecule has 21 heavy (non-hydrogen) atoms. The maximum atomic E-state index is 11.8. The van der Waals surface area contributed by atoms with E-state index < -0.39 is 10.1 Å². The van der Waals surface area contributed by atoms with Crippen LogP contribution in [0.15, 0.2) is 34.3 Å². The van der Waals surface area contributed by atoms with Crippen LogP contribution in [0.3, 0.4) is 0 Å². The van der Waals surface area contributed by atoms with Gasteiger partial charge in [-0.15, -0.1) is 0 Å². The molecule has 0 aromatic heterocycles. The zero-order valence-electron chi connectivity index (χ0n) is 11.4. The van der Waals surface area contributed by atoms with E-state index >= 15 is 0 Å². The molecule has 0 spiro atoms. The summed E-state index contributed by atoms with van der Waals surface area (Å²) in [5.41, 5.74) is 1.10. The molecule has 0 aliphatic heterocycles. The van der Waals surface area contributed by atoms with E-state index in [1.54, 1.807) is 0 Å². The molecule has 0 fully saturated rings. The van der Waals surface area contributed by atoms with Crippen molar-refractivity contribution < 1.29 is 22.6 Å². The highest BCUT2D eigenvalue weighted by atomic mass is 32.2. The number of rotatable bonds is 5. The van der Waals surface area contributed by atoms with Crippen molar-refractivity contribution >= 4 is 27.7 Å². The number of carbonyl (C=O) groups is 1. The van der Waals surface area contributed by atoms with E-state index in [0.717, 1.165) is 12.8 Å². The number of unbranched alkanes of at least 4 members (excludes halogenated alkanes) is 1. The van der Waals surface area contributed by atoms with Gasteiger partial charge in [-0.2, -0.15) is 8.42 Å². The highest BCUT2D eigenvalue weighted by molar-refractivity contribution is 7.85. The first-order valence-corrected chi connectivity index (χ1v) is 7.91. The Hall–Kier alpha value is -1.99. The summed E-state index contributed by atoms with van der Waals surface area (Å²) < 4.78 is 31.3. The molecule has 0 atom stereocenters. The van der Waals surface area contributed by atoms with Crippen molar-refractivity contribution in [2.75, 3.05) is 6.61 Å². The number of hydrogen-bond acceptors (Lipinski definition) is 5. The molecule has 0 bridgehead atoms. The molecule has 1 N–H and O–H groups in total. The van der Waals surface area contributed by atoms with Gasteiger partial charge >= 0.3 is 0 Å². The maximum absolute atomic E-state index is 11.8. The molecule has 1 aliphatic rings. The quantitative estimate of drug-likeness (QED) is 0.510. The third kappa shape index (κ3) is 3.56. The van der Waals surface area contributed by atoms with Crippen LogP contribution in [0.25, 0.3) is 6.08 Å². The molecule has 112 valence electrons. The predicted octanol–water partition coefficient (Wildman–Crippen LogP) is 2.05. The van der Waals surface area contributed by atoms with E-state index in [1.807, 2.05) is 6.92 Å². The second-order valence-electron chi connectivity index (χ2n) is 4.55. The summed E-state index contributed by atoms with van der Waals surface area (Å²) in [4.78, 5) is 16.7. The van der Waals surface area contributed by atoms with Crippen molar-refractivity contribution in [3.63, 3.8) is 0 Å². The predicted molar refractivity (Wildman–Crippen MR) is 77.7 cm³/mol. The van der Waals surface area contributed by atoms with Crippen molar-refractivity contribution in [1.82, 2.24) is 0 Å². The van der Waals surface area contributed by atoms with E-state index in [2.05, 4.69) is 5.16 Å². The van der Waals surface area contributed by atoms with Gasteiger partial charge in [-0.3, -0.25) is 9.35 Å². The van der Waals surface area contributed by atoms with Crippen LogP contribution in [0.4, 0.5) is 0 Å². The highest BCUT2D eigenvalue weighted by Crippen LogP contribution is 2.22. The van der Waals surface area contributed by atoms with Gasteiger partial charge in [0.1, 0.15) is 6.61 Å². The van der Waals surface area contributed by atoms with Gasteiger partial charge in [0.05, 0.1) is 4.90 Å². The first kappa shape index (κ1) is 15.4. The molecule has 1 aromatic carbocycles. The number of carbonyl (C=O) groups excluding carboxylic acids is 1. The second-order valence-corrected chi connectivity index (χ2v) is 5.97. The second kappa shape index (κ2) is 6.19. The minimum Gasteiger partial charge on any atom is -0.395 e. The molecular weight excluding hydrogens is 294 g/mol. The van der Waals surface area contributed by atoms with Crippen LogP contribution in [0, 0.1) is 0 Å². The summed E-state index contributed by atoms with van der Waals surface area (Å²) in [7, 11) is -4.28. The molecule has 0 heterocycles. The fraction of sp³-hybridized carbons (Fsp3) is 0.286. The van der Waals surface area contributed by atoms with Crippen LogP contribution in [0.2, 0.25) is 0 Å². The number of allylic oxidation sites excluding steroid dienone is 1. The maximum Gasteiger partial charge on any atom is 0.294 e. The average molecular weight is 309 g/mol. The summed E-state index contributed by atoms with van der Waals surface area (Å²) in [5, 5.41) is 3.84. The van der Waals surface area contributed by atoms with Gasteiger partial charge in [0.15, 0.2) is 5.71 Å². The molecule has 7 heteroatoms. The van der Waals surface area contributed by atoms with Crippen LogP contribution in [0.5, 0.6) is 0 Å². The molecule has 0 amide bonds. The minimum absolute atomic E-state index is 0.130. The SMILES string of the molecule is CCCCO/N=C1\C(=O)C=Cc2cc(S(=O)(=O)O)ccc21. The number of hydrogen-bond donors (Lipinski definition) is 1. The molecule has 2 rings (SSSR count). The summed E-state index contributed by atoms with van der Waals surface area (Å²) in [6.45, 7) is 2.42. The van der Waals surface area contributed by atoms with Crippen molar-refractivity contribution in [1.29, 1.82) is 0 Å². The third-order valence-corrected chi connectivity index (χ3v) is 3.82. The van der Waals surface area contributed by atoms with Crippen molar-refractivity contribution in [2.24, 2.45) is 5.16 Å². The molecule has 1 aromatic rings. The fourth-order valence-corrected chi connectivity index (χ4v) is 2.36. The Morgan fingerprint density at radius 2 is 2.05 bits per heavy atom. The topological polar surface area (TPSA) is 93.0 Å². The molecule has 0 radical (unpaired) electrons. The lowest BCUT2D eigenvalue weighted by Crippen LogP contribution is -2.18. The summed E-state index contributed by atoms with van der Waals surface area (Å²) in [6.07, 6.45) is 4.55. The first-order chi connectivity index (χ1) is 9.93. The van der Waals surface area contributed by atoms with Gasteiger partial charge in [-0.25, -0.2) is 0 Å². The molecule has 1 aliphatic carbocycles. The van der Waals surface area contributed by atoms with Crippen LogP contribution >= 0.6 is 0 Å². The van der Waals surface area contributed by atoms with Crippen LogP contribution in [-0.2, 0) is 19.8 Å². The Morgan fingerprint density at radius 3 is 2.71 bits per heavy atom. The van der Waals surface area contributed by atoms with E-state index in [4.69, 9.17) is 9.39 Å². The Labute approximate surface area is 122 Å². The third-order valence-electron chi connectivity index (χ3n) is 2.97. The fourth-order valence-electron chi connectivity index (χ4n) is 1.85. The number of benzene rings is 1. The van der Waals surface area contributed by atoms with E-state index in [9.17, 15) is 13.2 Å². The summed E-state index contributed by atoms with van der Waals surface area (Å²) in [6, 6.07) is 3.94. The van der Waals surface area contributed by atoms with Crippen LogP contribution in [-0.4, -0.2) is 31.1 Å². The van der Waals surface area contributed by atoms with Gasteiger partial charge in [0.2, 0.25) is 5.78 Å². The van der Waals surface area contributed by atoms with Crippen LogP contribution < -0.4 is 0 Å². The number of oxime groups is 1. The Morgan fingerprint density at radius 1 is 1.29 bits per heavy atom. The van der Waals surface area contributed by atoms with Gasteiger partial charge in [-0.1, -0.05) is 30.6 Å². The molecule has 0 saturated carbocycles. The zero-order chi connectivity index (χ0) is 15.5. The van der Waals surface area contributed by atoms with Gasteiger partial charge < -0.3 is 4.84 Å². The van der Waals surface area contributed by atoms with E-state index in [0.29, 0.717) is 17.7 Å². The normalized spacial score (nSPS) is 16.1. The summed E-state index contributed by atoms with van der Waals surface area (Å²) in [5.74, 6) is -0.307. The molecule has 0 unspecified atom stereocenters. The first-order valence-electron chi connectivity index (χ1n) is 6.47. The Kier molecular flexibility index (Phi) is 4.54. The van der Waals surface area contributed by atoms with Crippen molar-refractivity contribution in [3.05, 3.63) is 35.4 Å². The van der Waals surface area contributed by atoms with E-state index in [1.165, 1.54) is 30.4 Å². The lowest BCUT2D eigenvalue weighted by atomic mass is 9.95. The van der Waals surface area contributed by atoms with Crippen molar-refractivity contribution in [2.45, 2.75) is 24.7 Å². The van der Waals surface area contributed by atoms with Crippen LogP contribution in [0.1, 0.15) is 30.9 Å². The average Bonchev–Trinajstić information content (AvgIpc) is 2.44. The van der Waals surface area contributed by atoms with Crippen molar-refractivity contribution in [3.8, 4) is 0 Å². The number of nitrogens with zero attached hydrogens (tertiary/aromatic N) is 1. The molecular formula is C14H15NO5S.